The molecule has 0 aliphatic rings. The van der Waals surface area contributed by atoms with E-state index in [4.69, 9.17) is 0 Å². The Morgan fingerprint density at radius 2 is 1.75 bits per heavy atom. The fourth-order valence-corrected chi connectivity index (χ4v) is 2.75. The lowest BCUT2D eigenvalue weighted by Gasteiger charge is -2.19. The maximum Gasteiger partial charge on any atom is 0.0411 e. The Balaban J connectivity index is 2.82. The summed E-state index contributed by atoms with van der Waals surface area (Å²) in [6, 6.07) is 7.33. The molecule has 0 aliphatic heterocycles. The molecule has 1 nitrogen and oxygen atoms in total. The van der Waals surface area contributed by atoms with Crippen LogP contribution in [0.1, 0.15) is 36.6 Å². The van der Waals surface area contributed by atoms with Gasteiger partial charge >= 0.3 is 0 Å². The van der Waals surface area contributed by atoms with Crippen LogP contribution in [-0.4, -0.2) is 18.1 Å². The Kier molecular flexibility index (Phi) is 5.93. The molecule has 1 aromatic carbocycles. The van der Waals surface area contributed by atoms with Crippen LogP contribution < -0.4 is 5.32 Å². The van der Waals surface area contributed by atoms with Gasteiger partial charge in [-0.3, -0.25) is 0 Å². The van der Waals surface area contributed by atoms with Crippen molar-refractivity contribution in [1.29, 1.82) is 0 Å². The molecule has 0 saturated carbocycles. The van der Waals surface area contributed by atoms with Crippen LogP contribution in [0.15, 0.2) is 18.2 Å². The first-order valence-electron chi connectivity index (χ1n) is 6.06. The van der Waals surface area contributed by atoms with E-state index >= 15 is 0 Å². The van der Waals surface area contributed by atoms with Gasteiger partial charge in [0.25, 0.3) is 0 Å². The summed E-state index contributed by atoms with van der Waals surface area (Å²) < 4.78 is 0. The van der Waals surface area contributed by atoms with Crippen LogP contribution in [0, 0.1) is 13.8 Å². The van der Waals surface area contributed by atoms with E-state index in [0.717, 1.165) is 12.3 Å². The van der Waals surface area contributed by atoms with E-state index in [0.29, 0.717) is 6.04 Å². The zero-order valence-corrected chi connectivity index (χ0v) is 11.7. The Labute approximate surface area is 104 Å². The van der Waals surface area contributed by atoms with E-state index in [1.54, 1.807) is 0 Å². The molecule has 1 aromatic rings. The molecule has 2 heteroatoms. The molecule has 0 aliphatic carbocycles. The minimum atomic E-state index is 0.494. The lowest BCUT2D eigenvalue weighted by molar-refractivity contribution is 0.605. The number of thioether (sulfide) groups is 1. The predicted molar refractivity (Wildman–Crippen MR) is 75.3 cm³/mol. The third-order valence-electron chi connectivity index (χ3n) is 2.59. The first-order chi connectivity index (χ1) is 7.67. The van der Waals surface area contributed by atoms with Crippen LogP contribution in [0.2, 0.25) is 0 Å². The highest BCUT2D eigenvalue weighted by molar-refractivity contribution is 7.99. The molecule has 0 fully saturated rings. The van der Waals surface area contributed by atoms with Gasteiger partial charge in [-0.15, -0.1) is 0 Å². The summed E-state index contributed by atoms with van der Waals surface area (Å²) in [4.78, 5) is 0. The highest BCUT2D eigenvalue weighted by atomic mass is 32.2. The van der Waals surface area contributed by atoms with E-state index < -0.39 is 0 Å². The third kappa shape index (κ3) is 4.18. The Morgan fingerprint density at radius 1 is 1.12 bits per heavy atom. The summed E-state index contributed by atoms with van der Waals surface area (Å²) in [6.45, 7) is 9.77. The smallest absolute Gasteiger partial charge is 0.0411 e. The second kappa shape index (κ2) is 6.97. The molecule has 1 unspecified atom stereocenters. The minimum Gasteiger partial charge on any atom is -0.310 e. The fourth-order valence-electron chi connectivity index (χ4n) is 1.97. The van der Waals surface area contributed by atoms with E-state index in [2.05, 4.69) is 51.2 Å². The van der Waals surface area contributed by atoms with Crippen LogP contribution in [-0.2, 0) is 0 Å². The van der Waals surface area contributed by atoms with Crippen molar-refractivity contribution in [2.75, 3.05) is 18.1 Å². The van der Waals surface area contributed by atoms with Gasteiger partial charge in [-0.25, -0.2) is 0 Å². The van der Waals surface area contributed by atoms with Crippen molar-refractivity contribution in [3.05, 3.63) is 34.9 Å². The van der Waals surface area contributed by atoms with Crippen molar-refractivity contribution in [3.8, 4) is 0 Å². The molecule has 0 aromatic heterocycles. The molecule has 90 valence electrons. The van der Waals surface area contributed by atoms with Crippen molar-refractivity contribution in [2.24, 2.45) is 0 Å². The van der Waals surface area contributed by atoms with Crippen molar-refractivity contribution in [3.63, 3.8) is 0 Å². The second-order valence-electron chi connectivity index (χ2n) is 4.19. The molecular formula is C14H23NS. The topological polar surface area (TPSA) is 12.0 Å². The van der Waals surface area contributed by atoms with Crippen LogP contribution >= 0.6 is 11.8 Å². The zero-order valence-electron chi connectivity index (χ0n) is 10.8. The summed E-state index contributed by atoms with van der Waals surface area (Å²) in [6.07, 6.45) is 0. The Morgan fingerprint density at radius 3 is 2.25 bits per heavy atom. The maximum absolute atomic E-state index is 3.57. The largest absolute Gasteiger partial charge is 0.310 e. The standard InChI is InChI=1S/C14H23NS/c1-5-15-14(10-16-6-2)13-8-11(3)7-12(4)9-13/h7-9,14-15H,5-6,10H2,1-4H3. The van der Waals surface area contributed by atoms with E-state index in [1.165, 1.54) is 22.4 Å². The van der Waals surface area contributed by atoms with Crippen LogP contribution in [0.4, 0.5) is 0 Å². The van der Waals surface area contributed by atoms with E-state index in [1.807, 2.05) is 11.8 Å². The monoisotopic (exact) mass is 237 g/mol. The van der Waals surface area contributed by atoms with Gasteiger partial charge in [0.05, 0.1) is 0 Å². The van der Waals surface area contributed by atoms with Gasteiger partial charge in [-0.2, -0.15) is 11.8 Å². The number of benzene rings is 1. The minimum absolute atomic E-state index is 0.494. The Hall–Kier alpha value is -0.470. The van der Waals surface area contributed by atoms with Gasteiger partial charge in [-0.05, 0) is 31.7 Å². The molecule has 0 radical (unpaired) electrons. The molecule has 1 rings (SSSR count). The molecule has 16 heavy (non-hydrogen) atoms. The molecule has 0 spiro atoms. The predicted octanol–water partition coefficient (Wildman–Crippen LogP) is 3.71. The summed E-state index contributed by atoms with van der Waals surface area (Å²) >= 11 is 2.00. The average Bonchev–Trinajstić information content (AvgIpc) is 2.22. The van der Waals surface area contributed by atoms with Gasteiger partial charge in [0.2, 0.25) is 0 Å². The maximum atomic E-state index is 3.57. The first kappa shape index (κ1) is 13.6. The fraction of sp³-hybridized carbons (Fsp3) is 0.571. The van der Waals surface area contributed by atoms with Crippen molar-refractivity contribution < 1.29 is 0 Å². The van der Waals surface area contributed by atoms with Crippen LogP contribution in [0.5, 0.6) is 0 Å². The van der Waals surface area contributed by atoms with Gasteiger partial charge < -0.3 is 5.32 Å². The SMILES string of the molecule is CCNC(CSCC)c1cc(C)cc(C)c1. The van der Waals surface area contributed by atoms with Crippen LogP contribution in [0.25, 0.3) is 0 Å². The molecule has 0 heterocycles. The van der Waals surface area contributed by atoms with Crippen LogP contribution in [0.3, 0.4) is 0 Å². The molecule has 0 bridgehead atoms. The van der Waals surface area contributed by atoms with Crippen molar-refractivity contribution in [1.82, 2.24) is 5.32 Å². The highest BCUT2D eigenvalue weighted by Crippen LogP contribution is 2.20. The molecule has 0 amide bonds. The number of hydrogen-bond acceptors (Lipinski definition) is 2. The number of nitrogens with one attached hydrogen (secondary N) is 1. The second-order valence-corrected chi connectivity index (χ2v) is 5.51. The summed E-state index contributed by atoms with van der Waals surface area (Å²) in [7, 11) is 0. The van der Waals surface area contributed by atoms with E-state index in [9.17, 15) is 0 Å². The molecule has 0 saturated heterocycles. The first-order valence-corrected chi connectivity index (χ1v) is 7.22. The quantitative estimate of drug-likeness (QED) is 0.809. The summed E-state index contributed by atoms with van der Waals surface area (Å²) in [5.41, 5.74) is 4.15. The lowest BCUT2D eigenvalue weighted by Crippen LogP contribution is -2.23. The number of hydrogen-bond donors (Lipinski definition) is 1. The normalized spacial score (nSPS) is 12.8. The summed E-state index contributed by atoms with van der Waals surface area (Å²) in [5.74, 6) is 2.35. The lowest BCUT2D eigenvalue weighted by atomic mass is 10.0. The zero-order chi connectivity index (χ0) is 12.0. The summed E-state index contributed by atoms with van der Waals surface area (Å²) in [5, 5.41) is 3.57. The van der Waals surface area contributed by atoms with Gasteiger partial charge in [0, 0.05) is 11.8 Å². The van der Waals surface area contributed by atoms with Gasteiger partial charge in [0.1, 0.15) is 0 Å². The van der Waals surface area contributed by atoms with E-state index in [-0.39, 0.29) is 0 Å². The highest BCUT2D eigenvalue weighted by Gasteiger charge is 2.10. The molecule has 1 N–H and O–H groups in total. The van der Waals surface area contributed by atoms with Crippen molar-refractivity contribution in [2.45, 2.75) is 33.7 Å². The van der Waals surface area contributed by atoms with Gasteiger partial charge in [-0.1, -0.05) is 43.2 Å². The number of aryl methyl sites for hydroxylation is 2. The molecule has 1 atom stereocenters. The average molecular weight is 237 g/mol. The number of rotatable bonds is 6. The van der Waals surface area contributed by atoms with Crippen molar-refractivity contribution >= 4 is 11.8 Å². The Bertz CT molecular complexity index is 302. The third-order valence-corrected chi connectivity index (χ3v) is 3.56. The molecular weight excluding hydrogens is 214 g/mol. The van der Waals surface area contributed by atoms with Gasteiger partial charge in [0.15, 0.2) is 0 Å².